The molecule has 0 saturated heterocycles. The van der Waals surface area contributed by atoms with Crippen LogP contribution < -0.4 is 10.6 Å². The Labute approximate surface area is 131 Å². The van der Waals surface area contributed by atoms with Gasteiger partial charge in [0.15, 0.2) is 0 Å². The molecule has 3 heteroatoms. The molecule has 0 aromatic heterocycles. The van der Waals surface area contributed by atoms with E-state index in [0.717, 1.165) is 25.7 Å². The predicted octanol–water partition coefficient (Wildman–Crippen LogP) is 3.61. The quantitative estimate of drug-likeness (QED) is 0.813. The van der Waals surface area contributed by atoms with E-state index in [4.69, 9.17) is 0 Å². The van der Waals surface area contributed by atoms with Crippen molar-refractivity contribution in [2.24, 2.45) is 0 Å². The lowest BCUT2D eigenvalue weighted by atomic mass is 10.1. The van der Waals surface area contributed by atoms with Gasteiger partial charge in [-0.25, -0.2) is 4.79 Å². The summed E-state index contributed by atoms with van der Waals surface area (Å²) in [6, 6.07) is 18.8. The number of carbonyl (C=O) groups excluding carboxylic acids is 1. The van der Waals surface area contributed by atoms with Gasteiger partial charge in [0.25, 0.3) is 0 Å². The first-order valence-electron chi connectivity index (χ1n) is 7.99. The van der Waals surface area contributed by atoms with Gasteiger partial charge in [-0.15, -0.1) is 0 Å². The fraction of sp³-hybridized carbons (Fsp3) is 0.316. The number of hydrogen-bond acceptors (Lipinski definition) is 1. The van der Waals surface area contributed by atoms with Gasteiger partial charge in [-0.2, -0.15) is 0 Å². The number of nitrogens with one attached hydrogen (secondary N) is 2. The molecule has 1 aliphatic rings. The van der Waals surface area contributed by atoms with Gasteiger partial charge in [-0.05, 0) is 42.4 Å². The highest BCUT2D eigenvalue weighted by Crippen LogP contribution is 2.30. The average Bonchev–Trinajstić information content (AvgIpc) is 2.96. The number of carbonyl (C=O) groups is 1. The van der Waals surface area contributed by atoms with Gasteiger partial charge in [0.1, 0.15) is 0 Å². The van der Waals surface area contributed by atoms with E-state index >= 15 is 0 Å². The third-order valence-electron chi connectivity index (χ3n) is 4.21. The standard InChI is InChI=1S/C19H22N2O/c22-19(20-14-6-9-15-7-2-1-3-8-15)21-18-13-12-16-10-4-5-11-17(16)18/h1-5,7-8,10-11,18H,6,9,12-14H2,(H2,20,21,22). The Bertz CT molecular complexity index is 624. The summed E-state index contributed by atoms with van der Waals surface area (Å²) in [4.78, 5) is 12.0. The maximum absolute atomic E-state index is 12.0. The summed E-state index contributed by atoms with van der Waals surface area (Å²) in [7, 11) is 0. The van der Waals surface area contributed by atoms with Crippen molar-refractivity contribution in [3.63, 3.8) is 0 Å². The van der Waals surface area contributed by atoms with Crippen LogP contribution in [0.4, 0.5) is 4.79 Å². The molecule has 0 radical (unpaired) electrons. The Morgan fingerprint density at radius 1 is 1.05 bits per heavy atom. The van der Waals surface area contributed by atoms with Crippen LogP contribution in [0.3, 0.4) is 0 Å². The van der Waals surface area contributed by atoms with Crippen molar-refractivity contribution in [2.45, 2.75) is 31.7 Å². The van der Waals surface area contributed by atoms with Crippen molar-refractivity contribution in [3.8, 4) is 0 Å². The number of amides is 2. The minimum atomic E-state index is -0.0604. The van der Waals surface area contributed by atoms with Gasteiger partial charge >= 0.3 is 6.03 Å². The molecule has 3 rings (SSSR count). The molecule has 2 aromatic rings. The summed E-state index contributed by atoms with van der Waals surface area (Å²) >= 11 is 0. The van der Waals surface area contributed by atoms with Gasteiger partial charge < -0.3 is 10.6 Å². The Hall–Kier alpha value is -2.29. The zero-order valence-corrected chi connectivity index (χ0v) is 12.7. The van der Waals surface area contributed by atoms with E-state index in [9.17, 15) is 4.79 Å². The number of rotatable bonds is 5. The molecule has 0 aliphatic heterocycles. The summed E-state index contributed by atoms with van der Waals surface area (Å²) in [6.45, 7) is 0.703. The van der Waals surface area contributed by atoms with E-state index < -0.39 is 0 Å². The normalized spacial score (nSPS) is 16.1. The first-order valence-corrected chi connectivity index (χ1v) is 7.99. The van der Waals surface area contributed by atoms with Crippen LogP contribution >= 0.6 is 0 Å². The lowest BCUT2D eigenvalue weighted by Crippen LogP contribution is -2.37. The lowest BCUT2D eigenvalue weighted by molar-refractivity contribution is 0.237. The second kappa shape index (κ2) is 7.12. The Morgan fingerprint density at radius 2 is 1.82 bits per heavy atom. The molecule has 0 spiro atoms. The maximum Gasteiger partial charge on any atom is 0.315 e. The molecular weight excluding hydrogens is 272 g/mol. The number of hydrogen-bond donors (Lipinski definition) is 2. The van der Waals surface area contributed by atoms with E-state index in [1.54, 1.807) is 0 Å². The van der Waals surface area contributed by atoms with Crippen molar-refractivity contribution >= 4 is 6.03 Å². The Balaban J connectivity index is 1.40. The molecular formula is C19H22N2O. The second-order valence-corrected chi connectivity index (χ2v) is 5.78. The van der Waals surface area contributed by atoms with Crippen LogP contribution in [0.2, 0.25) is 0 Å². The molecule has 0 heterocycles. The van der Waals surface area contributed by atoms with E-state index in [-0.39, 0.29) is 12.1 Å². The molecule has 114 valence electrons. The predicted molar refractivity (Wildman–Crippen MR) is 88.8 cm³/mol. The molecule has 1 aliphatic carbocycles. The lowest BCUT2D eigenvalue weighted by Gasteiger charge is -2.15. The summed E-state index contributed by atoms with van der Waals surface area (Å²) in [5.41, 5.74) is 3.94. The van der Waals surface area contributed by atoms with Crippen molar-refractivity contribution in [1.29, 1.82) is 0 Å². The molecule has 3 nitrogen and oxygen atoms in total. The second-order valence-electron chi connectivity index (χ2n) is 5.78. The van der Waals surface area contributed by atoms with Crippen LogP contribution in [0.5, 0.6) is 0 Å². The van der Waals surface area contributed by atoms with E-state index in [1.807, 2.05) is 24.3 Å². The van der Waals surface area contributed by atoms with Crippen LogP contribution in [0.25, 0.3) is 0 Å². The first kappa shape index (κ1) is 14.6. The maximum atomic E-state index is 12.0. The smallest absolute Gasteiger partial charge is 0.315 e. The Morgan fingerprint density at radius 3 is 2.68 bits per heavy atom. The highest BCUT2D eigenvalue weighted by atomic mass is 16.2. The van der Waals surface area contributed by atoms with Gasteiger partial charge in [0.2, 0.25) is 0 Å². The van der Waals surface area contributed by atoms with E-state index in [2.05, 4.69) is 41.0 Å². The topological polar surface area (TPSA) is 41.1 Å². The summed E-state index contributed by atoms with van der Waals surface area (Å²) in [5.74, 6) is 0. The highest BCUT2D eigenvalue weighted by Gasteiger charge is 2.22. The van der Waals surface area contributed by atoms with Crippen LogP contribution in [0.15, 0.2) is 54.6 Å². The van der Waals surface area contributed by atoms with Crippen molar-refractivity contribution < 1.29 is 4.79 Å². The van der Waals surface area contributed by atoms with E-state index in [0.29, 0.717) is 6.54 Å². The minimum Gasteiger partial charge on any atom is -0.338 e. The summed E-state index contributed by atoms with van der Waals surface area (Å²) in [5, 5.41) is 6.04. The van der Waals surface area contributed by atoms with Gasteiger partial charge in [0.05, 0.1) is 6.04 Å². The zero-order chi connectivity index (χ0) is 15.2. The third-order valence-corrected chi connectivity index (χ3v) is 4.21. The number of benzene rings is 2. The molecule has 2 aromatic carbocycles. The van der Waals surface area contributed by atoms with Gasteiger partial charge in [0, 0.05) is 6.54 Å². The molecule has 1 unspecified atom stereocenters. The minimum absolute atomic E-state index is 0.0604. The molecule has 1 atom stereocenters. The van der Waals surface area contributed by atoms with Crippen molar-refractivity contribution in [3.05, 3.63) is 71.3 Å². The number of aryl methyl sites for hydroxylation is 2. The first-order chi connectivity index (χ1) is 10.8. The largest absolute Gasteiger partial charge is 0.338 e. The van der Waals surface area contributed by atoms with E-state index in [1.165, 1.54) is 16.7 Å². The van der Waals surface area contributed by atoms with Crippen LogP contribution in [0.1, 0.15) is 35.6 Å². The molecule has 0 bridgehead atoms. The SMILES string of the molecule is O=C(NCCCc1ccccc1)NC1CCc2ccccc21. The number of urea groups is 1. The highest BCUT2D eigenvalue weighted by molar-refractivity contribution is 5.74. The monoisotopic (exact) mass is 294 g/mol. The average molecular weight is 294 g/mol. The third kappa shape index (κ3) is 3.67. The van der Waals surface area contributed by atoms with Crippen LogP contribution in [0, 0.1) is 0 Å². The summed E-state index contributed by atoms with van der Waals surface area (Å²) in [6.07, 6.45) is 4.00. The van der Waals surface area contributed by atoms with Crippen LogP contribution in [-0.2, 0) is 12.8 Å². The molecule has 0 fully saturated rings. The fourth-order valence-corrected chi connectivity index (χ4v) is 3.06. The molecule has 2 N–H and O–H groups in total. The van der Waals surface area contributed by atoms with Gasteiger partial charge in [-0.1, -0.05) is 54.6 Å². The zero-order valence-electron chi connectivity index (χ0n) is 12.7. The van der Waals surface area contributed by atoms with Crippen molar-refractivity contribution in [1.82, 2.24) is 10.6 Å². The number of fused-ring (bicyclic) bond motifs is 1. The van der Waals surface area contributed by atoms with Gasteiger partial charge in [-0.3, -0.25) is 0 Å². The van der Waals surface area contributed by atoms with Crippen molar-refractivity contribution in [2.75, 3.05) is 6.54 Å². The molecule has 22 heavy (non-hydrogen) atoms. The van der Waals surface area contributed by atoms with Crippen LogP contribution in [-0.4, -0.2) is 12.6 Å². The Kier molecular flexibility index (Phi) is 4.74. The molecule has 2 amide bonds. The summed E-state index contributed by atoms with van der Waals surface area (Å²) < 4.78 is 0. The fourth-order valence-electron chi connectivity index (χ4n) is 3.06. The molecule has 0 saturated carbocycles.